The minimum Gasteiger partial charge on any atom is -0.478 e. The average Bonchev–Trinajstić information content (AvgIpc) is 2.45. The quantitative estimate of drug-likeness (QED) is 0.897. The molecule has 0 aliphatic carbocycles. The molecule has 1 aliphatic heterocycles. The molecule has 116 valence electrons. The number of carboxylic acids is 1. The molecule has 1 aliphatic rings. The van der Waals surface area contributed by atoms with Gasteiger partial charge in [0.05, 0.1) is 11.3 Å². The fourth-order valence-electron chi connectivity index (χ4n) is 2.50. The standard InChI is InChI=1S/C15H22ClN3O2/c1-17(2)5-6-18-7-9-19(10-8-18)14-11-12(16)3-4-13(14)15(20)21/h3-4,11H,5-10H2,1-2H3,(H,20,21). The Labute approximate surface area is 130 Å². The number of hydrogen-bond acceptors (Lipinski definition) is 4. The van der Waals surface area contributed by atoms with Crippen LogP contribution < -0.4 is 4.90 Å². The molecule has 1 saturated heterocycles. The molecular formula is C15H22ClN3O2. The van der Waals surface area contributed by atoms with Gasteiger partial charge in [-0.25, -0.2) is 4.79 Å². The highest BCUT2D eigenvalue weighted by molar-refractivity contribution is 6.31. The van der Waals surface area contributed by atoms with Crippen molar-refractivity contribution in [3.63, 3.8) is 0 Å². The number of hydrogen-bond donors (Lipinski definition) is 1. The Hall–Kier alpha value is -1.30. The minimum atomic E-state index is -0.906. The van der Waals surface area contributed by atoms with Gasteiger partial charge in [0.1, 0.15) is 0 Å². The molecule has 5 nitrogen and oxygen atoms in total. The maximum absolute atomic E-state index is 11.3. The van der Waals surface area contributed by atoms with Gasteiger partial charge < -0.3 is 14.9 Å². The summed E-state index contributed by atoms with van der Waals surface area (Å²) in [6, 6.07) is 4.96. The van der Waals surface area contributed by atoms with Crippen LogP contribution in [0.5, 0.6) is 0 Å². The molecular weight excluding hydrogens is 290 g/mol. The van der Waals surface area contributed by atoms with Gasteiger partial charge in [-0.15, -0.1) is 0 Å². The summed E-state index contributed by atoms with van der Waals surface area (Å²) in [5.41, 5.74) is 1.04. The van der Waals surface area contributed by atoms with Crippen LogP contribution in [0.3, 0.4) is 0 Å². The van der Waals surface area contributed by atoms with Crippen molar-refractivity contribution in [2.24, 2.45) is 0 Å². The lowest BCUT2D eigenvalue weighted by molar-refractivity contribution is 0.0697. The number of piperazine rings is 1. The lowest BCUT2D eigenvalue weighted by Crippen LogP contribution is -2.48. The number of aromatic carboxylic acids is 1. The van der Waals surface area contributed by atoms with E-state index in [1.54, 1.807) is 18.2 Å². The fraction of sp³-hybridized carbons (Fsp3) is 0.533. The van der Waals surface area contributed by atoms with Crippen LogP contribution in [0.2, 0.25) is 5.02 Å². The van der Waals surface area contributed by atoms with Crippen molar-refractivity contribution in [1.29, 1.82) is 0 Å². The van der Waals surface area contributed by atoms with Crippen molar-refractivity contribution in [3.8, 4) is 0 Å². The van der Waals surface area contributed by atoms with Gasteiger partial charge in [-0.05, 0) is 32.3 Å². The Balaban J connectivity index is 2.02. The molecule has 0 radical (unpaired) electrons. The van der Waals surface area contributed by atoms with Crippen LogP contribution in [-0.2, 0) is 0 Å². The van der Waals surface area contributed by atoms with E-state index < -0.39 is 5.97 Å². The summed E-state index contributed by atoms with van der Waals surface area (Å²) in [5, 5.41) is 9.87. The van der Waals surface area contributed by atoms with Crippen molar-refractivity contribution < 1.29 is 9.90 Å². The third-order valence-corrected chi connectivity index (χ3v) is 4.00. The van der Waals surface area contributed by atoms with Crippen LogP contribution in [-0.4, -0.2) is 74.2 Å². The van der Waals surface area contributed by atoms with Gasteiger partial charge in [-0.3, -0.25) is 4.90 Å². The van der Waals surface area contributed by atoms with Crippen molar-refractivity contribution >= 4 is 23.3 Å². The summed E-state index contributed by atoms with van der Waals surface area (Å²) in [7, 11) is 4.14. The number of halogens is 1. The van der Waals surface area contributed by atoms with E-state index >= 15 is 0 Å². The Kier molecular flexibility index (Phi) is 5.45. The first-order chi connectivity index (χ1) is 9.97. The fourth-order valence-corrected chi connectivity index (χ4v) is 2.67. The van der Waals surface area contributed by atoms with Crippen LogP contribution in [0.15, 0.2) is 18.2 Å². The van der Waals surface area contributed by atoms with E-state index in [0.29, 0.717) is 10.6 Å². The van der Waals surface area contributed by atoms with Gasteiger partial charge in [-0.2, -0.15) is 0 Å². The van der Waals surface area contributed by atoms with Crippen LogP contribution in [0.4, 0.5) is 5.69 Å². The smallest absolute Gasteiger partial charge is 0.337 e. The van der Waals surface area contributed by atoms with Crippen LogP contribution >= 0.6 is 11.6 Å². The predicted molar refractivity (Wildman–Crippen MR) is 85.6 cm³/mol. The number of rotatable bonds is 5. The lowest BCUT2D eigenvalue weighted by Gasteiger charge is -2.37. The Morgan fingerprint density at radius 1 is 1.29 bits per heavy atom. The topological polar surface area (TPSA) is 47.0 Å². The van der Waals surface area contributed by atoms with Gasteiger partial charge in [-0.1, -0.05) is 11.6 Å². The number of carbonyl (C=O) groups is 1. The van der Waals surface area contributed by atoms with Gasteiger partial charge >= 0.3 is 5.97 Å². The molecule has 21 heavy (non-hydrogen) atoms. The maximum atomic E-state index is 11.3. The highest BCUT2D eigenvalue weighted by Crippen LogP contribution is 2.26. The number of carboxylic acid groups (broad SMARTS) is 1. The van der Waals surface area contributed by atoms with Gasteiger partial charge in [0.2, 0.25) is 0 Å². The molecule has 0 atom stereocenters. The van der Waals surface area contributed by atoms with E-state index in [0.717, 1.165) is 45.0 Å². The molecule has 0 amide bonds. The van der Waals surface area contributed by atoms with E-state index in [-0.39, 0.29) is 0 Å². The molecule has 1 fully saturated rings. The number of likely N-dealkylation sites (N-methyl/N-ethyl adjacent to an activating group) is 1. The van der Waals surface area contributed by atoms with Crippen molar-refractivity contribution in [2.75, 3.05) is 58.3 Å². The summed E-state index contributed by atoms with van der Waals surface area (Å²) in [4.78, 5) is 18.0. The molecule has 0 saturated carbocycles. The zero-order valence-electron chi connectivity index (χ0n) is 12.5. The second-order valence-electron chi connectivity index (χ2n) is 5.60. The first-order valence-corrected chi connectivity index (χ1v) is 7.50. The molecule has 6 heteroatoms. The molecule has 1 heterocycles. The molecule has 1 N–H and O–H groups in total. The molecule has 1 aromatic rings. The van der Waals surface area contributed by atoms with Crippen LogP contribution in [0, 0.1) is 0 Å². The molecule has 0 bridgehead atoms. The first kappa shape index (κ1) is 16.1. The van der Waals surface area contributed by atoms with Crippen molar-refractivity contribution in [1.82, 2.24) is 9.80 Å². The van der Waals surface area contributed by atoms with Gasteiger partial charge in [0.25, 0.3) is 0 Å². The molecule has 0 unspecified atom stereocenters. The monoisotopic (exact) mass is 311 g/mol. The van der Waals surface area contributed by atoms with Crippen molar-refractivity contribution in [3.05, 3.63) is 28.8 Å². The number of nitrogens with zero attached hydrogens (tertiary/aromatic N) is 3. The van der Waals surface area contributed by atoms with E-state index in [1.807, 2.05) is 0 Å². The maximum Gasteiger partial charge on any atom is 0.337 e. The number of anilines is 1. The second kappa shape index (κ2) is 7.11. The molecule has 0 aromatic heterocycles. The third-order valence-electron chi connectivity index (χ3n) is 3.77. The molecule has 2 rings (SSSR count). The SMILES string of the molecule is CN(C)CCN1CCN(c2cc(Cl)ccc2C(=O)O)CC1. The molecule has 0 spiro atoms. The summed E-state index contributed by atoms with van der Waals surface area (Å²) in [6.45, 7) is 5.63. The first-order valence-electron chi connectivity index (χ1n) is 7.12. The Morgan fingerprint density at radius 2 is 1.95 bits per heavy atom. The normalized spacial score (nSPS) is 16.5. The number of benzene rings is 1. The Bertz CT molecular complexity index is 500. The van der Waals surface area contributed by atoms with E-state index in [2.05, 4.69) is 28.8 Å². The zero-order valence-corrected chi connectivity index (χ0v) is 13.3. The second-order valence-corrected chi connectivity index (χ2v) is 6.04. The highest BCUT2D eigenvalue weighted by atomic mass is 35.5. The minimum absolute atomic E-state index is 0.321. The lowest BCUT2D eigenvalue weighted by atomic mass is 10.1. The molecule has 1 aromatic carbocycles. The zero-order chi connectivity index (χ0) is 15.4. The summed E-state index contributed by atoms with van der Waals surface area (Å²) in [6.07, 6.45) is 0. The largest absolute Gasteiger partial charge is 0.478 e. The highest BCUT2D eigenvalue weighted by Gasteiger charge is 2.21. The van der Waals surface area contributed by atoms with E-state index in [1.165, 1.54) is 0 Å². The third kappa shape index (κ3) is 4.33. The summed E-state index contributed by atoms with van der Waals surface area (Å²) < 4.78 is 0. The predicted octanol–water partition coefficient (Wildman–Crippen LogP) is 1.72. The summed E-state index contributed by atoms with van der Waals surface area (Å²) >= 11 is 6.02. The summed E-state index contributed by atoms with van der Waals surface area (Å²) in [5.74, 6) is -0.906. The van der Waals surface area contributed by atoms with Crippen LogP contribution in [0.1, 0.15) is 10.4 Å². The van der Waals surface area contributed by atoms with E-state index in [4.69, 9.17) is 11.6 Å². The average molecular weight is 312 g/mol. The van der Waals surface area contributed by atoms with Crippen LogP contribution in [0.25, 0.3) is 0 Å². The van der Waals surface area contributed by atoms with Gasteiger partial charge in [0.15, 0.2) is 0 Å². The Morgan fingerprint density at radius 3 is 2.52 bits per heavy atom. The van der Waals surface area contributed by atoms with Gasteiger partial charge in [0, 0.05) is 44.3 Å². The van der Waals surface area contributed by atoms with Crippen molar-refractivity contribution in [2.45, 2.75) is 0 Å². The van der Waals surface area contributed by atoms with E-state index in [9.17, 15) is 9.90 Å².